The van der Waals surface area contributed by atoms with Crippen LogP contribution in [-0.4, -0.2) is 10.1 Å². The molecule has 1 fully saturated rings. The van der Waals surface area contributed by atoms with Crippen molar-refractivity contribution in [1.29, 1.82) is 0 Å². The fourth-order valence-corrected chi connectivity index (χ4v) is 3.07. The molecule has 2 heteroatoms. The molecule has 0 radical (unpaired) electrons. The van der Waals surface area contributed by atoms with E-state index in [0.717, 1.165) is 42.7 Å². The molecule has 0 atom stereocenters. The van der Waals surface area contributed by atoms with E-state index in [4.69, 9.17) is 0 Å². The topological polar surface area (TPSA) is 33.1 Å². The highest BCUT2D eigenvalue weighted by Crippen LogP contribution is 2.41. The molecule has 0 aromatic carbocycles. The molecule has 1 aromatic rings. The number of aromatic nitrogens is 1. The molecule has 17 heavy (non-hydrogen) atoms. The van der Waals surface area contributed by atoms with Crippen LogP contribution in [0.1, 0.15) is 56.6 Å². The van der Waals surface area contributed by atoms with Gasteiger partial charge in [-0.05, 0) is 50.2 Å². The van der Waals surface area contributed by atoms with Crippen molar-refractivity contribution in [3.05, 3.63) is 29.6 Å². The summed E-state index contributed by atoms with van der Waals surface area (Å²) in [4.78, 5) is 4.16. The lowest BCUT2D eigenvalue weighted by molar-refractivity contribution is -0.0160. The van der Waals surface area contributed by atoms with Gasteiger partial charge in [-0.25, -0.2) is 0 Å². The van der Waals surface area contributed by atoms with Gasteiger partial charge in [0.1, 0.15) is 0 Å². The molecule has 1 aliphatic rings. The zero-order valence-electron chi connectivity index (χ0n) is 10.9. The van der Waals surface area contributed by atoms with Gasteiger partial charge >= 0.3 is 0 Å². The summed E-state index contributed by atoms with van der Waals surface area (Å²) in [5.74, 6) is 0.817. The van der Waals surface area contributed by atoms with Crippen LogP contribution in [0, 0.1) is 12.8 Å². The maximum atomic E-state index is 10.8. The fourth-order valence-electron chi connectivity index (χ4n) is 3.07. The zero-order chi connectivity index (χ0) is 12.3. The monoisotopic (exact) mass is 233 g/mol. The number of hydrogen-bond donors (Lipinski definition) is 1. The quantitative estimate of drug-likeness (QED) is 0.865. The largest absolute Gasteiger partial charge is 0.385 e. The molecule has 0 saturated heterocycles. The first kappa shape index (κ1) is 12.6. The van der Waals surface area contributed by atoms with Gasteiger partial charge in [-0.15, -0.1) is 0 Å². The van der Waals surface area contributed by atoms with Gasteiger partial charge in [0.05, 0.1) is 5.60 Å². The number of aliphatic hydroxyl groups is 1. The third kappa shape index (κ3) is 2.68. The molecular formula is C15H23NO. The van der Waals surface area contributed by atoms with Crippen molar-refractivity contribution in [3.8, 4) is 0 Å². The Balaban J connectivity index is 2.10. The molecule has 1 aromatic heterocycles. The number of pyridine rings is 1. The normalized spacial score (nSPS) is 29.2. The molecule has 1 heterocycles. The van der Waals surface area contributed by atoms with Crippen molar-refractivity contribution in [1.82, 2.24) is 4.98 Å². The van der Waals surface area contributed by atoms with Crippen molar-refractivity contribution in [2.75, 3.05) is 0 Å². The van der Waals surface area contributed by atoms with Crippen LogP contribution in [0.15, 0.2) is 18.5 Å². The highest BCUT2D eigenvalue weighted by atomic mass is 16.3. The Morgan fingerprint density at radius 1 is 1.41 bits per heavy atom. The second kappa shape index (κ2) is 5.18. The lowest BCUT2D eigenvalue weighted by Gasteiger charge is -2.37. The molecule has 0 bridgehead atoms. The third-order valence-electron chi connectivity index (χ3n) is 4.17. The minimum atomic E-state index is -0.622. The molecule has 1 saturated carbocycles. The van der Waals surface area contributed by atoms with E-state index in [0.29, 0.717) is 0 Å². The summed E-state index contributed by atoms with van der Waals surface area (Å²) in [6.45, 7) is 4.30. The zero-order valence-corrected chi connectivity index (χ0v) is 10.9. The Labute approximate surface area is 104 Å². The van der Waals surface area contributed by atoms with Crippen LogP contribution in [0.2, 0.25) is 0 Å². The van der Waals surface area contributed by atoms with E-state index in [1.54, 1.807) is 6.20 Å². The Kier molecular flexibility index (Phi) is 3.82. The summed E-state index contributed by atoms with van der Waals surface area (Å²) in [7, 11) is 0. The van der Waals surface area contributed by atoms with E-state index in [1.807, 2.05) is 12.3 Å². The van der Waals surface area contributed by atoms with Crippen molar-refractivity contribution in [2.45, 2.75) is 58.0 Å². The van der Waals surface area contributed by atoms with Gasteiger partial charge < -0.3 is 5.11 Å². The van der Waals surface area contributed by atoms with Crippen molar-refractivity contribution in [2.24, 2.45) is 5.92 Å². The molecular weight excluding hydrogens is 210 g/mol. The fraction of sp³-hybridized carbons (Fsp3) is 0.667. The van der Waals surface area contributed by atoms with Gasteiger partial charge in [0, 0.05) is 18.0 Å². The number of nitrogens with zero attached hydrogens (tertiary/aromatic N) is 1. The van der Waals surface area contributed by atoms with Crippen LogP contribution >= 0.6 is 0 Å². The Morgan fingerprint density at radius 2 is 2.12 bits per heavy atom. The van der Waals surface area contributed by atoms with Crippen molar-refractivity contribution < 1.29 is 5.11 Å². The van der Waals surface area contributed by atoms with Gasteiger partial charge in [-0.2, -0.15) is 0 Å². The Bertz CT molecular complexity index is 367. The first-order valence-electron chi connectivity index (χ1n) is 6.79. The van der Waals surface area contributed by atoms with Gasteiger partial charge in [0.2, 0.25) is 0 Å². The summed E-state index contributed by atoms with van der Waals surface area (Å²) in [5, 5.41) is 10.8. The van der Waals surface area contributed by atoms with Crippen molar-refractivity contribution >= 4 is 0 Å². The van der Waals surface area contributed by atoms with Crippen LogP contribution in [-0.2, 0) is 5.60 Å². The van der Waals surface area contributed by atoms with Crippen LogP contribution in [0.25, 0.3) is 0 Å². The molecule has 0 unspecified atom stereocenters. The molecule has 1 N–H and O–H groups in total. The number of aryl methyl sites for hydroxylation is 1. The first-order valence-corrected chi connectivity index (χ1v) is 6.79. The number of rotatable bonds is 3. The van der Waals surface area contributed by atoms with E-state index >= 15 is 0 Å². The maximum absolute atomic E-state index is 10.8. The summed E-state index contributed by atoms with van der Waals surface area (Å²) >= 11 is 0. The standard InChI is InChI=1S/C15H23NO/c1-3-4-13-5-8-15(17,9-6-13)14-11-16-10-7-12(14)2/h7,10-11,13,17H,3-6,8-9H2,1-2H3. The average Bonchev–Trinajstić information content (AvgIpc) is 2.33. The van der Waals surface area contributed by atoms with E-state index in [-0.39, 0.29) is 0 Å². The summed E-state index contributed by atoms with van der Waals surface area (Å²) in [6, 6.07) is 1.99. The first-order chi connectivity index (χ1) is 8.15. The van der Waals surface area contributed by atoms with Crippen molar-refractivity contribution in [3.63, 3.8) is 0 Å². The highest BCUT2D eigenvalue weighted by molar-refractivity contribution is 5.28. The predicted octanol–water partition coefficient (Wildman–Crippen LogP) is 3.57. The second-order valence-corrected chi connectivity index (χ2v) is 5.45. The predicted molar refractivity (Wildman–Crippen MR) is 69.7 cm³/mol. The third-order valence-corrected chi connectivity index (χ3v) is 4.17. The average molecular weight is 233 g/mol. The summed E-state index contributed by atoms with van der Waals surface area (Å²) in [5.41, 5.74) is 1.58. The SMILES string of the molecule is CCCC1CCC(O)(c2cnccc2C)CC1. The van der Waals surface area contributed by atoms with Crippen LogP contribution in [0.5, 0.6) is 0 Å². The van der Waals surface area contributed by atoms with E-state index in [2.05, 4.69) is 18.8 Å². The molecule has 94 valence electrons. The maximum Gasteiger partial charge on any atom is 0.0914 e. The van der Waals surface area contributed by atoms with Crippen LogP contribution in [0.3, 0.4) is 0 Å². The lowest BCUT2D eigenvalue weighted by Crippen LogP contribution is -2.32. The molecule has 0 spiro atoms. The van der Waals surface area contributed by atoms with Gasteiger partial charge in [-0.3, -0.25) is 4.98 Å². The smallest absolute Gasteiger partial charge is 0.0914 e. The summed E-state index contributed by atoms with van der Waals surface area (Å²) < 4.78 is 0. The minimum absolute atomic E-state index is 0.622. The highest BCUT2D eigenvalue weighted by Gasteiger charge is 2.35. The van der Waals surface area contributed by atoms with Gasteiger partial charge in [0.25, 0.3) is 0 Å². The van der Waals surface area contributed by atoms with Gasteiger partial charge in [0.15, 0.2) is 0 Å². The van der Waals surface area contributed by atoms with E-state index in [1.165, 1.54) is 12.8 Å². The number of hydrogen-bond acceptors (Lipinski definition) is 2. The molecule has 2 nitrogen and oxygen atoms in total. The van der Waals surface area contributed by atoms with Gasteiger partial charge in [-0.1, -0.05) is 19.8 Å². The molecule has 1 aliphatic carbocycles. The molecule has 0 amide bonds. The minimum Gasteiger partial charge on any atom is -0.385 e. The second-order valence-electron chi connectivity index (χ2n) is 5.45. The van der Waals surface area contributed by atoms with Crippen LogP contribution < -0.4 is 0 Å². The van der Waals surface area contributed by atoms with Crippen LogP contribution in [0.4, 0.5) is 0 Å². The lowest BCUT2D eigenvalue weighted by atomic mass is 9.73. The Morgan fingerprint density at radius 3 is 2.71 bits per heavy atom. The van der Waals surface area contributed by atoms with E-state index in [9.17, 15) is 5.11 Å². The molecule has 2 rings (SSSR count). The Hall–Kier alpha value is -0.890. The molecule has 0 aliphatic heterocycles. The summed E-state index contributed by atoms with van der Waals surface area (Å²) in [6.07, 6.45) is 10.3. The van der Waals surface area contributed by atoms with E-state index < -0.39 is 5.60 Å².